The highest BCUT2D eigenvalue weighted by Gasteiger charge is 2.53. The number of para-hydroxylation sites is 1. The average Bonchev–Trinajstić information content (AvgIpc) is 3.03. The Labute approximate surface area is 210 Å². The van der Waals surface area contributed by atoms with E-state index >= 15 is 0 Å². The molecule has 13 heteroatoms. The van der Waals surface area contributed by atoms with Crippen molar-refractivity contribution < 1.29 is 40.8 Å². The van der Waals surface area contributed by atoms with Crippen LogP contribution in [0.3, 0.4) is 0 Å². The Morgan fingerprint density at radius 3 is 2.71 bits per heavy atom. The van der Waals surface area contributed by atoms with Gasteiger partial charge in [0.15, 0.2) is 11.0 Å². The van der Waals surface area contributed by atoms with Crippen LogP contribution in [0.2, 0.25) is 0 Å². The van der Waals surface area contributed by atoms with Crippen molar-refractivity contribution >= 4 is 25.8 Å². The zero-order valence-electron chi connectivity index (χ0n) is 21.3. The van der Waals surface area contributed by atoms with Crippen molar-refractivity contribution in [1.82, 2.24) is 9.55 Å². The normalized spacial score (nSPS) is 27.9. The molecule has 192 valence electrons. The Bertz CT molecular complexity index is 1270. The van der Waals surface area contributed by atoms with Crippen molar-refractivity contribution in [1.29, 1.82) is 0 Å². The Hall–Kier alpha value is -2.34. The van der Waals surface area contributed by atoms with E-state index in [1.807, 2.05) is 0 Å². The van der Waals surface area contributed by atoms with E-state index in [2.05, 4.69) is 4.98 Å². The van der Waals surface area contributed by atoms with Gasteiger partial charge in [-0.25, -0.2) is 4.57 Å². The molecule has 1 aliphatic rings. The van der Waals surface area contributed by atoms with Gasteiger partial charge in [-0.1, -0.05) is 25.1 Å². The van der Waals surface area contributed by atoms with Gasteiger partial charge in [0, 0.05) is 12.3 Å². The number of benzene rings is 1. The van der Waals surface area contributed by atoms with E-state index in [0.29, 0.717) is 0 Å². The lowest BCUT2D eigenvalue weighted by Crippen LogP contribution is -2.44. The summed E-state index contributed by atoms with van der Waals surface area (Å²) < 4.78 is 53.4. The van der Waals surface area contributed by atoms with Crippen LogP contribution in [-0.2, 0) is 23.4 Å². The van der Waals surface area contributed by atoms with Crippen molar-refractivity contribution in [3.63, 3.8) is 0 Å². The van der Waals surface area contributed by atoms with Gasteiger partial charge in [-0.3, -0.25) is 23.7 Å². The van der Waals surface area contributed by atoms with Crippen LogP contribution < -0.4 is 10.1 Å². The van der Waals surface area contributed by atoms with Crippen LogP contribution >= 0.6 is 19.8 Å². The number of esters is 1. The molecule has 2 aromatic rings. The maximum atomic E-state index is 13.8. The highest BCUT2D eigenvalue weighted by Crippen LogP contribution is 2.51. The number of aliphatic hydroxyl groups excluding tert-OH is 1. The maximum absolute atomic E-state index is 13.8. The first kappa shape index (κ1) is 24.4. The highest BCUT2D eigenvalue weighted by atomic mass is 32.1. The molecule has 3 rings (SSSR count). The lowest BCUT2D eigenvalue weighted by molar-refractivity contribution is -0.146. The fourth-order valence-corrected chi connectivity index (χ4v) is 5.39. The van der Waals surface area contributed by atoms with E-state index in [0.717, 1.165) is 10.6 Å². The quantitative estimate of drug-likeness (QED) is 0.237. The summed E-state index contributed by atoms with van der Waals surface area (Å²) in [5.41, 5.74) is -2.62. The number of aromatic nitrogens is 2. The van der Waals surface area contributed by atoms with Gasteiger partial charge in [0.05, 0.1) is 28.0 Å². The summed E-state index contributed by atoms with van der Waals surface area (Å²) in [7, 11) is -4.45. The number of aromatic amines is 1. The monoisotopic (exact) mass is 530 g/mol. The third-order valence-corrected chi connectivity index (χ3v) is 7.43. The Kier molecular flexibility index (Phi) is 7.76. The summed E-state index contributed by atoms with van der Waals surface area (Å²) >= 11 is 5.10. The van der Waals surface area contributed by atoms with Gasteiger partial charge in [0.2, 0.25) is 0 Å². The highest BCUT2D eigenvalue weighted by molar-refractivity contribution is 7.71. The van der Waals surface area contributed by atoms with Crippen molar-refractivity contribution in [3.05, 3.63) is 57.7 Å². The molecule has 0 spiro atoms. The van der Waals surface area contributed by atoms with Gasteiger partial charge in [-0.15, -0.1) is 0 Å². The largest absolute Gasteiger partial charge is 0.466 e. The summed E-state index contributed by atoms with van der Waals surface area (Å²) in [5, 5.41) is 21.8. The number of H-pyrrole nitrogens is 1. The molecule has 1 saturated heterocycles. The first-order valence-electron chi connectivity index (χ1n) is 11.8. The van der Waals surface area contributed by atoms with Crippen LogP contribution in [0.1, 0.15) is 29.7 Å². The Morgan fingerprint density at radius 2 is 2.09 bits per heavy atom. The first-order chi connectivity index (χ1) is 17.2. The first-order valence-corrected chi connectivity index (χ1v) is 12.9. The predicted octanol–water partition coefficient (Wildman–Crippen LogP) is 2.40. The van der Waals surface area contributed by atoms with Crippen LogP contribution in [0.25, 0.3) is 0 Å². The molecule has 1 aliphatic heterocycles. The van der Waals surface area contributed by atoms with E-state index in [9.17, 15) is 24.4 Å². The lowest BCUT2D eigenvalue weighted by Gasteiger charge is -2.28. The number of nitrogens with one attached hydrogen (secondary N) is 1. The number of hydrogen-bond acceptors (Lipinski definition) is 10. The van der Waals surface area contributed by atoms with Crippen LogP contribution in [-0.4, -0.2) is 62.9 Å². The topological polar surface area (TPSA) is 149 Å². The summed E-state index contributed by atoms with van der Waals surface area (Å²) in [4.78, 5) is 26.1. The molecule has 1 fully saturated rings. The zero-order chi connectivity index (χ0) is 27.6. The number of nitrogens with zero attached hydrogens (tertiary/aromatic N) is 1. The van der Waals surface area contributed by atoms with Gasteiger partial charge in [0.25, 0.3) is 5.56 Å². The average molecular weight is 531 g/mol. The second-order valence-corrected chi connectivity index (χ2v) is 10.5. The number of carbonyl (C=O) groups excluding carboxylic acids is 1. The molecular weight excluding hydrogens is 499 g/mol. The second kappa shape index (κ2) is 11.2. The minimum absolute atomic E-state index is 0.0839. The van der Waals surface area contributed by atoms with E-state index < -0.39 is 61.8 Å². The van der Waals surface area contributed by atoms with Crippen molar-refractivity contribution in [2.45, 2.75) is 44.8 Å². The van der Waals surface area contributed by atoms with Crippen LogP contribution in [0.4, 0.5) is 0 Å². The van der Waals surface area contributed by atoms with Gasteiger partial charge in [0.1, 0.15) is 23.6 Å². The van der Waals surface area contributed by atoms with E-state index in [1.165, 1.54) is 32.2 Å². The Morgan fingerprint density at radius 1 is 1.40 bits per heavy atom. The molecule has 1 aromatic heterocycles. The molecule has 11 nitrogen and oxygen atoms in total. The molecular formula is C22H29N2O9PS. The summed E-state index contributed by atoms with van der Waals surface area (Å²) in [6.07, 6.45) is -4.55. The van der Waals surface area contributed by atoms with E-state index in [-0.39, 0.29) is 17.1 Å². The Balaban J connectivity index is 1.93. The number of ether oxygens (including phenoxy) is 2. The van der Waals surface area contributed by atoms with Crippen molar-refractivity contribution in [3.8, 4) is 5.75 Å². The van der Waals surface area contributed by atoms with Gasteiger partial charge in [-0.05, 0) is 38.2 Å². The minimum atomic E-state index is -4.45. The zero-order valence-corrected chi connectivity index (χ0v) is 21.0. The standard InChI is InChI=1S/C22H29N2O9PS/c1-4-30-19(27)14(2)13-34(29,33-15-8-6-5-7-9-15)31-12-16-18(26)22(3,28)20(32-16)24-11-10-17(25)23-21(24)35/h5-11,14,16,18,20,26,28H,4,12-13H2,1-3H3,(H,23,25,35)/t14-,16-,18+,20-,22?,34?/m1/s1/i12D2. The van der Waals surface area contributed by atoms with Crippen LogP contribution in [0.5, 0.6) is 5.75 Å². The summed E-state index contributed by atoms with van der Waals surface area (Å²) in [5.74, 6) is -1.58. The third-order valence-electron chi connectivity index (χ3n) is 5.25. The lowest BCUT2D eigenvalue weighted by atomic mass is 9.96. The van der Waals surface area contributed by atoms with Crippen LogP contribution in [0.15, 0.2) is 47.4 Å². The van der Waals surface area contributed by atoms with E-state index in [1.54, 1.807) is 25.1 Å². The van der Waals surface area contributed by atoms with Crippen LogP contribution in [0, 0.1) is 10.7 Å². The molecule has 35 heavy (non-hydrogen) atoms. The number of hydrogen-bond donors (Lipinski definition) is 3. The summed E-state index contributed by atoms with van der Waals surface area (Å²) in [6, 6.07) is 8.94. The number of rotatable bonds is 10. The fourth-order valence-electron chi connectivity index (χ4n) is 3.42. The molecule has 0 bridgehead atoms. The fraction of sp³-hybridized carbons (Fsp3) is 0.500. The summed E-state index contributed by atoms with van der Waals surface area (Å²) in [6.45, 7) is 1.31. The molecule has 3 N–H and O–H groups in total. The number of aliphatic hydroxyl groups is 2. The molecule has 0 saturated carbocycles. The van der Waals surface area contributed by atoms with Gasteiger partial charge in [-0.2, -0.15) is 0 Å². The molecule has 1 aromatic carbocycles. The second-order valence-electron chi connectivity index (χ2n) is 8.16. The number of carbonyl (C=O) groups is 1. The molecule has 2 unspecified atom stereocenters. The molecule has 0 aliphatic carbocycles. The molecule has 2 heterocycles. The predicted molar refractivity (Wildman–Crippen MR) is 128 cm³/mol. The SMILES string of the molecule is [2H]C([2H])(OP(=O)(C[C@@H](C)C(=O)OCC)Oc1ccccc1)[C@H]1O[C@@H](n2ccc(=O)[nH]c2=S)C(C)(O)[C@H]1O. The third kappa shape index (κ3) is 6.46. The molecule has 0 radical (unpaired) electrons. The van der Waals surface area contributed by atoms with E-state index in [4.69, 9.17) is 33.5 Å². The van der Waals surface area contributed by atoms with Crippen molar-refractivity contribution in [2.24, 2.45) is 5.92 Å². The van der Waals surface area contributed by atoms with Crippen molar-refractivity contribution in [2.75, 3.05) is 19.3 Å². The maximum Gasteiger partial charge on any atom is 0.380 e. The smallest absolute Gasteiger partial charge is 0.380 e. The van der Waals surface area contributed by atoms with Gasteiger partial charge >= 0.3 is 13.6 Å². The van der Waals surface area contributed by atoms with Gasteiger partial charge < -0.3 is 24.2 Å². The molecule has 0 amide bonds. The molecule has 6 atom stereocenters. The minimum Gasteiger partial charge on any atom is -0.466 e.